The third-order valence-corrected chi connectivity index (χ3v) is 10.0. The fourth-order valence-corrected chi connectivity index (χ4v) is 9.78. The minimum atomic E-state index is -0.971. The van der Waals surface area contributed by atoms with E-state index in [9.17, 15) is 0 Å². The quantitative estimate of drug-likeness (QED) is 0.472. The molecule has 190 valence electrons. The van der Waals surface area contributed by atoms with Crippen LogP contribution in [0.15, 0.2) is 48.5 Å². The van der Waals surface area contributed by atoms with Gasteiger partial charge < -0.3 is 15.2 Å². The first-order valence-corrected chi connectivity index (χ1v) is 14.5. The molecule has 0 bridgehead atoms. The standard InChI is InChI=1S/C30H44N3OP/c1-27(2)17-21(18-28(3,4)31-27)33(22-19-29(5,6)32-30(7,8)20-22)35-26-16-12-10-14-24(26)23-13-9-11-15-25(23)34-35/h9-16,21-22,31-32H,17-20H2,1-8H3. The average molecular weight is 494 g/mol. The Bertz CT molecular complexity index is 1020. The number of nitrogens with one attached hydrogen (secondary N) is 2. The van der Waals surface area contributed by atoms with Crippen LogP contribution in [-0.2, 0) is 0 Å². The third kappa shape index (κ3) is 5.18. The van der Waals surface area contributed by atoms with Crippen LogP contribution in [0.2, 0.25) is 0 Å². The van der Waals surface area contributed by atoms with Crippen LogP contribution in [0.4, 0.5) is 0 Å². The number of nitrogens with zero attached hydrogens (tertiary/aromatic N) is 1. The maximum absolute atomic E-state index is 7.05. The lowest BCUT2D eigenvalue weighted by Crippen LogP contribution is -2.66. The topological polar surface area (TPSA) is 36.5 Å². The summed E-state index contributed by atoms with van der Waals surface area (Å²) in [5, 5.41) is 9.20. The van der Waals surface area contributed by atoms with Gasteiger partial charge in [-0.2, -0.15) is 0 Å². The van der Waals surface area contributed by atoms with Crippen molar-refractivity contribution in [3.05, 3.63) is 48.5 Å². The molecule has 4 nitrogen and oxygen atoms in total. The lowest BCUT2D eigenvalue weighted by molar-refractivity contribution is 0.0472. The second-order valence-corrected chi connectivity index (χ2v) is 15.3. The number of hydrogen-bond donors (Lipinski definition) is 2. The Balaban J connectivity index is 1.64. The molecule has 0 radical (unpaired) electrons. The SMILES string of the molecule is CC1(C)CC(N(C2CC(C)(C)NC(C)(C)C2)P2Oc3ccccc3-c3ccccc32)CC(C)(C)N1. The van der Waals surface area contributed by atoms with Gasteiger partial charge in [0.15, 0.2) is 8.30 Å². The van der Waals surface area contributed by atoms with Crippen molar-refractivity contribution in [3.8, 4) is 16.9 Å². The summed E-state index contributed by atoms with van der Waals surface area (Å²) >= 11 is 0. The smallest absolute Gasteiger partial charge is 0.198 e. The zero-order valence-corrected chi connectivity index (χ0v) is 23.8. The first-order valence-electron chi connectivity index (χ1n) is 13.3. The van der Waals surface area contributed by atoms with E-state index in [1.807, 2.05) is 0 Å². The highest BCUT2D eigenvalue weighted by Crippen LogP contribution is 2.56. The summed E-state index contributed by atoms with van der Waals surface area (Å²) in [5.41, 5.74) is 2.86. The minimum absolute atomic E-state index is 0.0746. The monoisotopic (exact) mass is 493 g/mol. The number of hydrogen-bond acceptors (Lipinski definition) is 4. The van der Waals surface area contributed by atoms with Crippen molar-refractivity contribution in [1.82, 2.24) is 15.3 Å². The van der Waals surface area contributed by atoms with Crippen molar-refractivity contribution >= 4 is 13.6 Å². The van der Waals surface area contributed by atoms with Crippen LogP contribution in [0.25, 0.3) is 11.1 Å². The number of benzene rings is 2. The fourth-order valence-electron chi connectivity index (χ4n) is 7.46. The molecular weight excluding hydrogens is 449 g/mol. The van der Waals surface area contributed by atoms with Crippen LogP contribution in [0, 0.1) is 0 Å². The molecule has 3 aliphatic heterocycles. The molecule has 2 aromatic rings. The van der Waals surface area contributed by atoms with E-state index in [4.69, 9.17) is 4.52 Å². The summed E-state index contributed by atoms with van der Waals surface area (Å²) < 4.78 is 9.91. The number of rotatable bonds is 3. The molecule has 2 aromatic carbocycles. The highest BCUT2D eigenvalue weighted by Gasteiger charge is 2.50. The highest BCUT2D eigenvalue weighted by molar-refractivity contribution is 7.59. The van der Waals surface area contributed by atoms with Crippen LogP contribution in [0.5, 0.6) is 5.75 Å². The van der Waals surface area contributed by atoms with E-state index in [0.717, 1.165) is 31.4 Å². The Morgan fingerprint density at radius 3 is 1.60 bits per heavy atom. The van der Waals surface area contributed by atoms with Gasteiger partial charge >= 0.3 is 0 Å². The molecule has 0 aromatic heterocycles. The fraction of sp³-hybridized carbons (Fsp3) is 0.600. The Kier molecular flexibility index (Phi) is 6.16. The first kappa shape index (κ1) is 25.2. The van der Waals surface area contributed by atoms with Crippen molar-refractivity contribution < 1.29 is 4.52 Å². The van der Waals surface area contributed by atoms with Crippen molar-refractivity contribution in [2.45, 2.75) is 115 Å². The Hall–Kier alpha value is -1.45. The molecule has 0 aliphatic carbocycles. The molecule has 0 spiro atoms. The van der Waals surface area contributed by atoms with Crippen LogP contribution < -0.4 is 20.5 Å². The average Bonchev–Trinajstić information content (AvgIpc) is 2.69. The van der Waals surface area contributed by atoms with Crippen LogP contribution >= 0.6 is 8.30 Å². The molecule has 2 fully saturated rings. The van der Waals surface area contributed by atoms with Crippen molar-refractivity contribution in [2.24, 2.45) is 0 Å². The Morgan fingerprint density at radius 1 is 0.657 bits per heavy atom. The van der Waals surface area contributed by atoms with Gasteiger partial charge in [-0.3, -0.25) is 0 Å². The summed E-state index contributed by atoms with van der Waals surface area (Å²) in [4.78, 5) is 0. The Morgan fingerprint density at radius 2 is 1.09 bits per heavy atom. The normalized spacial score (nSPS) is 27.1. The zero-order valence-electron chi connectivity index (χ0n) is 22.9. The molecule has 2 N–H and O–H groups in total. The molecule has 5 heteroatoms. The molecule has 0 amide bonds. The van der Waals surface area contributed by atoms with Crippen LogP contribution in [0.3, 0.4) is 0 Å². The lowest BCUT2D eigenvalue weighted by Gasteiger charge is -2.56. The van der Waals surface area contributed by atoms with E-state index in [1.54, 1.807) is 0 Å². The summed E-state index contributed by atoms with van der Waals surface area (Å²) in [6, 6.07) is 18.5. The summed E-state index contributed by atoms with van der Waals surface area (Å²) in [5.74, 6) is 1.03. The first-order chi connectivity index (χ1) is 16.2. The van der Waals surface area contributed by atoms with E-state index in [1.165, 1.54) is 16.4 Å². The van der Waals surface area contributed by atoms with Gasteiger partial charge in [0, 0.05) is 45.1 Å². The van der Waals surface area contributed by atoms with Crippen LogP contribution in [-0.4, -0.2) is 38.9 Å². The Labute approximate surface area is 214 Å². The van der Waals surface area contributed by atoms with E-state index in [-0.39, 0.29) is 22.2 Å². The zero-order chi connectivity index (χ0) is 25.2. The van der Waals surface area contributed by atoms with Gasteiger partial charge in [-0.25, -0.2) is 4.67 Å². The lowest BCUT2D eigenvalue weighted by atomic mass is 9.76. The van der Waals surface area contributed by atoms with Crippen LogP contribution in [0.1, 0.15) is 81.1 Å². The van der Waals surface area contributed by atoms with Gasteiger partial charge in [0.05, 0.1) is 0 Å². The van der Waals surface area contributed by atoms with E-state index in [2.05, 4.69) is 119 Å². The number of piperidine rings is 2. The van der Waals surface area contributed by atoms with Crippen molar-refractivity contribution in [3.63, 3.8) is 0 Å². The summed E-state index contributed by atoms with van der Waals surface area (Å²) in [6.45, 7) is 18.9. The number of fused-ring (bicyclic) bond motifs is 3. The number of para-hydroxylation sites is 1. The second kappa shape index (κ2) is 8.55. The summed E-state index contributed by atoms with van der Waals surface area (Å²) in [6.07, 6.45) is 4.47. The van der Waals surface area contributed by atoms with E-state index in [0.29, 0.717) is 12.1 Å². The molecule has 1 unspecified atom stereocenters. The molecule has 0 saturated carbocycles. The summed E-state index contributed by atoms with van der Waals surface area (Å²) in [7, 11) is -0.971. The molecule has 5 rings (SSSR count). The largest absolute Gasteiger partial charge is 0.453 e. The molecule has 35 heavy (non-hydrogen) atoms. The van der Waals surface area contributed by atoms with E-state index < -0.39 is 8.30 Å². The van der Waals surface area contributed by atoms with Crippen molar-refractivity contribution in [2.75, 3.05) is 0 Å². The third-order valence-electron chi connectivity index (χ3n) is 7.77. The van der Waals surface area contributed by atoms with Crippen molar-refractivity contribution in [1.29, 1.82) is 0 Å². The molecule has 1 atom stereocenters. The molecular formula is C30H44N3OP. The highest BCUT2D eigenvalue weighted by atomic mass is 31.2. The van der Waals surface area contributed by atoms with Gasteiger partial charge in [-0.1, -0.05) is 36.4 Å². The van der Waals surface area contributed by atoms with Gasteiger partial charge in [-0.05, 0) is 98.8 Å². The van der Waals surface area contributed by atoms with Gasteiger partial charge in [0.1, 0.15) is 5.75 Å². The van der Waals surface area contributed by atoms with Gasteiger partial charge in [0.25, 0.3) is 0 Å². The molecule has 3 aliphatic rings. The van der Waals surface area contributed by atoms with Gasteiger partial charge in [0.2, 0.25) is 0 Å². The minimum Gasteiger partial charge on any atom is -0.453 e. The second-order valence-electron chi connectivity index (χ2n) is 13.7. The predicted molar refractivity (Wildman–Crippen MR) is 150 cm³/mol. The van der Waals surface area contributed by atoms with Gasteiger partial charge in [-0.15, -0.1) is 0 Å². The van der Waals surface area contributed by atoms with E-state index >= 15 is 0 Å². The maximum Gasteiger partial charge on any atom is 0.198 e. The predicted octanol–water partition coefficient (Wildman–Crippen LogP) is 6.60. The molecule has 3 heterocycles. The maximum atomic E-state index is 7.05. The molecule has 2 saturated heterocycles.